The van der Waals surface area contributed by atoms with Gasteiger partial charge in [0, 0.05) is 6.04 Å². The standard InChI is InChI=1S/C13H14F3N3O2/c1-7-8-2-9(19(7)6-20)10(3-8)21-12-5-17-11(4-18-12)13(14,15)16/h4-10H,2-3H2,1H3/t7-,8-,9+,10-/m1/s1. The second-order valence-electron chi connectivity index (χ2n) is 5.49. The van der Waals surface area contributed by atoms with Gasteiger partial charge in [0.1, 0.15) is 6.10 Å². The highest BCUT2D eigenvalue weighted by Gasteiger charge is 2.50. The average molecular weight is 301 g/mol. The van der Waals surface area contributed by atoms with Gasteiger partial charge in [0.15, 0.2) is 5.69 Å². The van der Waals surface area contributed by atoms with Gasteiger partial charge in [0.05, 0.1) is 18.4 Å². The van der Waals surface area contributed by atoms with E-state index in [1.165, 1.54) is 0 Å². The predicted octanol–water partition coefficient (Wildman–Crippen LogP) is 1.88. The van der Waals surface area contributed by atoms with Gasteiger partial charge in [-0.1, -0.05) is 0 Å². The topological polar surface area (TPSA) is 55.3 Å². The van der Waals surface area contributed by atoms with Gasteiger partial charge < -0.3 is 9.64 Å². The van der Waals surface area contributed by atoms with Crippen LogP contribution in [0.2, 0.25) is 0 Å². The number of hydrogen-bond donors (Lipinski definition) is 0. The number of piperidine rings is 1. The molecule has 5 nitrogen and oxygen atoms in total. The summed E-state index contributed by atoms with van der Waals surface area (Å²) in [4.78, 5) is 19.8. The van der Waals surface area contributed by atoms with E-state index in [4.69, 9.17) is 4.74 Å². The van der Waals surface area contributed by atoms with E-state index in [1.54, 1.807) is 4.90 Å². The lowest BCUT2D eigenvalue weighted by Crippen LogP contribution is -2.47. The van der Waals surface area contributed by atoms with E-state index < -0.39 is 11.9 Å². The van der Waals surface area contributed by atoms with Crippen LogP contribution in [-0.4, -0.2) is 39.5 Å². The summed E-state index contributed by atoms with van der Waals surface area (Å²) >= 11 is 0. The van der Waals surface area contributed by atoms with E-state index in [-0.39, 0.29) is 24.1 Å². The Morgan fingerprint density at radius 3 is 2.62 bits per heavy atom. The van der Waals surface area contributed by atoms with Gasteiger partial charge in [-0.15, -0.1) is 0 Å². The molecule has 8 heteroatoms. The van der Waals surface area contributed by atoms with Crippen molar-refractivity contribution >= 4 is 6.41 Å². The first-order valence-electron chi connectivity index (χ1n) is 6.69. The molecule has 1 aliphatic carbocycles. The molecule has 4 atom stereocenters. The van der Waals surface area contributed by atoms with Crippen LogP contribution in [0.25, 0.3) is 0 Å². The SMILES string of the molecule is C[C@@H]1[C@H]2C[C@@H](Oc3cnc(C(F)(F)F)cn3)[C@H](C2)N1C=O. The molecular formula is C13H14F3N3O2. The lowest BCUT2D eigenvalue weighted by atomic mass is 10.00. The molecule has 2 heterocycles. The van der Waals surface area contributed by atoms with Crippen molar-refractivity contribution in [2.75, 3.05) is 0 Å². The molecule has 0 radical (unpaired) electrons. The lowest BCUT2D eigenvalue weighted by Gasteiger charge is -2.34. The molecule has 3 rings (SSSR count). The Kier molecular flexibility index (Phi) is 3.26. The van der Waals surface area contributed by atoms with Crippen LogP contribution in [0.4, 0.5) is 13.2 Å². The van der Waals surface area contributed by atoms with Crippen LogP contribution in [0, 0.1) is 5.92 Å². The summed E-state index contributed by atoms with van der Waals surface area (Å²) in [6, 6.07) is 0.151. The van der Waals surface area contributed by atoms with Crippen LogP contribution >= 0.6 is 0 Å². The maximum atomic E-state index is 12.4. The summed E-state index contributed by atoms with van der Waals surface area (Å²) in [7, 11) is 0. The number of nitrogens with zero attached hydrogens (tertiary/aromatic N) is 3. The highest BCUT2D eigenvalue weighted by atomic mass is 19.4. The van der Waals surface area contributed by atoms with Crippen molar-refractivity contribution in [2.24, 2.45) is 5.92 Å². The van der Waals surface area contributed by atoms with E-state index >= 15 is 0 Å². The van der Waals surface area contributed by atoms with Gasteiger partial charge in [0.2, 0.25) is 12.3 Å². The van der Waals surface area contributed by atoms with Crippen LogP contribution in [-0.2, 0) is 11.0 Å². The summed E-state index contributed by atoms with van der Waals surface area (Å²) in [5.41, 5.74) is -1.05. The molecule has 0 spiro atoms. The lowest BCUT2D eigenvalue weighted by molar-refractivity contribution is -0.141. The Morgan fingerprint density at radius 2 is 2.10 bits per heavy atom. The number of aromatic nitrogens is 2. The second-order valence-corrected chi connectivity index (χ2v) is 5.49. The maximum absolute atomic E-state index is 12.4. The molecule has 2 bridgehead atoms. The summed E-state index contributed by atoms with van der Waals surface area (Å²) in [6.07, 6.45) is -0.670. The van der Waals surface area contributed by atoms with Gasteiger partial charge in [-0.05, 0) is 25.7 Å². The first kappa shape index (κ1) is 14.1. The third-order valence-electron chi connectivity index (χ3n) is 4.36. The Balaban J connectivity index is 1.69. The van der Waals surface area contributed by atoms with E-state index in [2.05, 4.69) is 9.97 Å². The molecule has 1 amide bonds. The van der Waals surface area contributed by atoms with E-state index in [0.29, 0.717) is 12.1 Å². The Labute approximate surface area is 119 Å². The van der Waals surface area contributed by atoms with Crippen molar-refractivity contribution in [3.05, 3.63) is 18.1 Å². The zero-order valence-electron chi connectivity index (χ0n) is 11.2. The van der Waals surface area contributed by atoms with Crippen molar-refractivity contribution in [1.82, 2.24) is 14.9 Å². The number of ether oxygens (including phenoxy) is 1. The second kappa shape index (κ2) is 4.85. The van der Waals surface area contributed by atoms with Crippen molar-refractivity contribution < 1.29 is 22.7 Å². The third kappa shape index (κ3) is 2.43. The minimum absolute atomic E-state index is 0.0356. The number of hydrogen-bond acceptors (Lipinski definition) is 4. The molecule has 0 N–H and O–H groups in total. The average Bonchev–Trinajstić information content (AvgIpc) is 2.96. The summed E-state index contributed by atoms with van der Waals surface area (Å²) < 4.78 is 42.8. The zero-order valence-corrected chi connectivity index (χ0v) is 11.2. The zero-order chi connectivity index (χ0) is 15.2. The van der Waals surface area contributed by atoms with Crippen molar-refractivity contribution in [1.29, 1.82) is 0 Å². The molecule has 0 unspecified atom stereocenters. The molecule has 1 saturated carbocycles. The van der Waals surface area contributed by atoms with Crippen LogP contribution < -0.4 is 4.74 Å². The molecule has 114 valence electrons. The number of rotatable bonds is 3. The number of carbonyl (C=O) groups is 1. The van der Waals surface area contributed by atoms with Gasteiger partial charge >= 0.3 is 6.18 Å². The highest BCUT2D eigenvalue weighted by molar-refractivity contribution is 5.50. The fourth-order valence-electron chi connectivity index (χ4n) is 3.25. The van der Waals surface area contributed by atoms with Crippen molar-refractivity contribution in [3.63, 3.8) is 0 Å². The first-order valence-corrected chi connectivity index (χ1v) is 6.69. The Bertz CT molecular complexity index is 534. The normalized spacial score (nSPS) is 31.5. The van der Waals surface area contributed by atoms with Gasteiger partial charge in [0.25, 0.3) is 0 Å². The number of alkyl halides is 3. The summed E-state index contributed by atoms with van der Waals surface area (Å²) in [5.74, 6) is 0.423. The monoisotopic (exact) mass is 301 g/mol. The van der Waals surface area contributed by atoms with Crippen LogP contribution in [0.15, 0.2) is 12.4 Å². The van der Waals surface area contributed by atoms with Gasteiger partial charge in [-0.3, -0.25) is 4.79 Å². The smallest absolute Gasteiger partial charge is 0.434 e. The molecule has 2 fully saturated rings. The van der Waals surface area contributed by atoms with Gasteiger partial charge in [-0.25, -0.2) is 9.97 Å². The van der Waals surface area contributed by atoms with E-state index in [1.807, 2.05) is 6.92 Å². The predicted molar refractivity (Wildman–Crippen MR) is 65.3 cm³/mol. The summed E-state index contributed by atoms with van der Waals surface area (Å²) in [6.45, 7) is 1.99. The highest BCUT2D eigenvalue weighted by Crippen LogP contribution is 2.42. The first-order chi connectivity index (χ1) is 9.90. The molecule has 1 aromatic rings. The quantitative estimate of drug-likeness (QED) is 0.800. The fourth-order valence-corrected chi connectivity index (χ4v) is 3.25. The Morgan fingerprint density at radius 1 is 1.33 bits per heavy atom. The molecule has 2 aliphatic rings. The van der Waals surface area contributed by atoms with Crippen LogP contribution in [0.5, 0.6) is 5.88 Å². The van der Waals surface area contributed by atoms with Crippen molar-refractivity contribution in [2.45, 2.75) is 44.1 Å². The minimum atomic E-state index is -4.51. The maximum Gasteiger partial charge on any atom is 0.434 e. The van der Waals surface area contributed by atoms with E-state index in [0.717, 1.165) is 25.4 Å². The molecule has 1 saturated heterocycles. The largest absolute Gasteiger partial charge is 0.471 e. The minimum Gasteiger partial charge on any atom is -0.471 e. The number of halogens is 3. The van der Waals surface area contributed by atoms with Crippen molar-refractivity contribution in [3.8, 4) is 5.88 Å². The summed E-state index contributed by atoms with van der Waals surface area (Å²) in [5, 5.41) is 0. The third-order valence-corrected chi connectivity index (χ3v) is 4.36. The molecular weight excluding hydrogens is 287 g/mol. The molecule has 1 aromatic heterocycles. The fraction of sp³-hybridized carbons (Fsp3) is 0.615. The number of fused-ring (bicyclic) bond motifs is 2. The Hall–Kier alpha value is -1.86. The molecule has 21 heavy (non-hydrogen) atoms. The van der Waals surface area contributed by atoms with Gasteiger partial charge in [-0.2, -0.15) is 13.2 Å². The number of likely N-dealkylation sites (tertiary alicyclic amines) is 1. The number of amides is 1. The molecule has 1 aliphatic heterocycles. The van der Waals surface area contributed by atoms with Crippen LogP contribution in [0.3, 0.4) is 0 Å². The molecule has 0 aromatic carbocycles. The van der Waals surface area contributed by atoms with E-state index in [9.17, 15) is 18.0 Å². The van der Waals surface area contributed by atoms with Crippen LogP contribution in [0.1, 0.15) is 25.5 Å². The number of carbonyl (C=O) groups excluding carboxylic acids is 1.